The van der Waals surface area contributed by atoms with Gasteiger partial charge < -0.3 is 10.0 Å². The topological polar surface area (TPSA) is 23.5 Å². The Morgan fingerprint density at radius 3 is 2.54 bits per heavy atom. The molecule has 0 unspecified atom stereocenters. The van der Waals surface area contributed by atoms with Crippen LogP contribution >= 0.6 is 0 Å². The molecule has 7 atom stereocenters. The summed E-state index contributed by atoms with van der Waals surface area (Å²) in [6, 6.07) is 0. The highest BCUT2D eigenvalue weighted by atomic mass is 16.3. The lowest BCUT2D eigenvalue weighted by Gasteiger charge is -2.59. The van der Waals surface area contributed by atoms with Crippen molar-refractivity contribution in [1.82, 2.24) is 4.90 Å². The first-order chi connectivity index (χ1) is 12.4. The number of likely N-dealkylation sites (tertiary alicyclic amines) is 1. The van der Waals surface area contributed by atoms with Gasteiger partial charge in [-0.15, -0.1) is 0 Å². The summed E-state index contributed by atoms with van der Waals surface area (Å²) in [4.78, 5) is 2.73. The van der Waals surface area contributed by atoms with Crippen LogP contribution in [0.5, 0.6) is 0 Å². The first kappa shape index (κ1) is 17.3. The molecular formula is C24H37NO. The van der Waals surface area contributed by atoms with E-state index in [0.29, 0.717) is 16.7 Å². The van der Waals surface area contributed by atoms with E-state index in [1.807, 2.05) is 0 Å². The SMILES string of the molecule is C[C@H]1C=C2C[C@@H](O)CC[C@]2(C)[C@H]2CC[C@]3(C)C(N4CCCC4)=CC[C@H]3[C@H]12. The van der Waals surface area contributed by atoms with Crippen molar-refractivity contribution in [2.24, 2.45) is 34.5 Å². The standard InChI is InChI=1S/C24H37NO/c1-16-14-17-15-18(26)8-10-23(17,2)20-9-11-24(3)19(22(16)20)6-7-21(24)25-12-4-5-13-25/h7,14,16,18-20,22,26H,4-6,8-13,15H2,1-3H3/t16-,18-,19-,20-,22-,23-,24-/m0/s1. The Bertz CT molecular complexity index is 645. The highest BCUT2D eigenvalue weighted by Crippen LogP contribution is 2.66. The second-order valence-corrected chi connectivity index (χ2v) is 10.6. The molecule has 0 spiro atoms. The third-order valence-electron chi connectivity index (χ3n) is 9.39. The van der Waals surface area contributed by atoms with Crippen LogP contribution in [0.3, 0.4) is 0 Å². The molecule has 0 amide bonds. The summed E-state index contributed by atoms with van der Waals surface area (Å²) in [5.41, 5.74) is 4.08. The summed E-state index contributed by atoms with van der Waals surface area (Å²) in [6.07, 6.45) is 15.1. The van der Waals surface area contributed by atoms with E-state index in [1.54, 1.807) is 11.3 Å². The fourth-order valence-electron chi connectivity index (χ4n) is 8.00. The second kappa shape index (κ2) is 5.87. The predicted octanol–water partition coefficient (Wildman–Crippen LogP) is 5.15. The molecule has 1 N–H and O–H groups in total. The highest BCUT2D eigenvalue weighted by Gasteiger charge is 2.58. The van der Waals surface area contributed by atoms with Gasteiger partial charge in [-0.05, 0) is 80.5 Å². The van der Waals surface area contributed by atoms with Crippen molar-refractivity contribution in [2.75, 3.05) is 13.1 Å². The molecule has 0 aromatic heterocycles. The van der Waals surface area contributed by atoms with Gasteiger partial charge in [0, 0.05) is 24.2 Å². The van der Waals surface area contributed by atoms with Gasteiger partial charge in [-0.2, -0.15) is 0 Å². The molecule has 2 saturated carbocycles. The van der Waals surface area contributed by atoms with Crippen LogP contribution in [-0.2, 0) is 0 Å². The maximum atomic E-state index is 10.2. The van der Waals surface area contributed by atoms with Gasteiger partial charge in [0.2, 0.25) is 0 Å². The van der Waals surface area contributed by atoms with Crippen molar-refractivity contribution in [2.45, 2.75) is 78.2 Å². The second-order valence-electron chi connectivity index (χ2n) is 10.6. The van der Waals surface area contributed by atoms with Crippen LogP contribution in [-0.4, -0.2) is 29.2 Å². The van der Waals surface area contributed by atoms with Gasteiger partial charge in [-0.1, -0.05) is 38.5 Å². The molecule has 0 radical (unpaired) electrons. The number of hydrogen-bond acceptors (Lipinski definition) is 2. The van der Waals surface area contributed by atoms with Gasteiger partial charge in [-0.25, -0.2) is 0 Å². The molecule has 26 heavy (non-hydrogen) atoms. The highest BCUT2D eigenvalue weighted by molar-refractivity contribution is 5.31. The molecule has 5 aliphatic rings. The summed E-state index contributed by atoms with van der Waals surface area (Å²) < 4.78 is 0. The van der Waals surface area contributed by atoms with Crippen LogP contribution in [0, 0.1) is 34.5 Å². The molecule has 2 nitrogen and oxygen atoms in total. The van der Waals surface area contributed by atoms with E-state index in [1.165, 1.54) is 51.6 Å². The number of hydrogen-bond donors (Lipinski definition) is 1. The fourth-order valence-corrected chi connectivity index (χ4v) is 8.00. The lowest BCUT2D eigenvalue weighted by Crippen LogP contribution is -2.53. The zero-order valence-electron chi connectivity index (χ0n) is 17.0. The molecule has 3 fully saturated rings. The van der Waals surface area contributed by atoms with Crippen LogP contribution < -0.4 is 0 Å². The normalized spacial score (nSPS) is 50.6. The van der Waals surface area contributed by atoms with Crippen molar-refractivity contribution in [1.29, 1.82) is 0 Å². The van der Waals surface area contributed by atoms with Gasteiger partial charge in [0.15, 0.2) is 0 Å². The molecule has 5 rings (SSSR count). The molecule has 1 heterocycles. The van der Waals surface area contributed by atoms with Crippen LogP contribution in [0.2, 0.25) is 0 Å². The van der Waals surface area contributed by atoms with Gasteiger partial charge in [0.05, 0.1) is 6.10 Å². The minimum absolute atomic E-state index is 0.0955. The number of allylic oxidation sites excluding steroid dienone is 3. The Morgan fingerprint density at radius 2 is 1.77 bits per heavy atom. The van der Waals surface area contributed by atoms with Crippen molar-refractivity contribution in [3.63, 3.8) is 0 Å². The Hall–Kier alpha value is -0.760. The van der Waals surface area contributed by atoms with E-state index >= 15 is 0 Å². The van der Waals surface area contributed by atoms with Crippen molar-refractivity contribution >= 4 is 0 Å². The minimum atomic E-state index is -0.0955. The van der Waals surface area contributed by atoms with Crippen LogP contribution in [0.25, 0.3) is 0 Å². The van der Waals surface area contributed by atoms with Crippen LogP contribution in [0.15, 0.2) is 23.4 Å². The summed E-state index contributed by atoms with van der Waals surface area (Å²) in [5.74, 6) is 3.15. The molecule has 144 valence electrons. The van der Waals surface area contributed by atoms with E-state index in [0.717, 1.165) is 30.6 Å². The Labute approximate surface area is 159 Å². The summed E-state index contributed by atoms with van der Waals surface area (Å²) in [6.45, 7) is 10.2. The maximum Gasteiger partial charge on any atom is 0.0577 e. The Morgan fingerprint density at radius 1 is 1.04 bits per heavy atom. The van der Waals surface area contributed by atoms with Crippen LogP contribution in [0.1, 0.15) is 72.1 Å². The zero-order chi connectivity index (χ0) is 18.1. The Balaban J connectivity index is 1.48. The first-order valence-corrected chi connectivity index (χ1v) is 11.3. The van der Waals surface area contributed by atoms with E-state index in [9.17, 15) is 5.11 Å². The molecule has 0 bridgehead atoms. The van der Waals surface area contributed by atoms with E-state index in [-0.39, 0.29) is 6.10 Å². The molecule has 0 aromatic rings. The van der Waals surface area contributed by atoms with Gasteiger partial charge in [0.25, 0.3) is 0 Å². The Kier molecular flexibility index (Phi) is 3.91. The molecule has 0 aromatic carbocycles. The van der Waals surface area contributed by atoms with Crippen LogP contribution in [0.4, 0.5) is 0 Å². The summed E-state index contributed by atoms with van der Waals surface area (Å²) in [5, 5.41) is 10.2. The largest absolute Gasteiger partial charge is 0.393 e. The third kappa shape index (κ3) is 2.26. The fraction of sp³-hybridized carbons (Fsp3) is 0.833. The average molecular weight is 356 g/mol. The first-order valence-electron chi connectivity index (χ1n) is 11.3. The molecule has 2 heteroatoms. The molecular weight excluding hydrogens is 318 g/mol. The average Bonchev–Trinajstić information content (AvgIpc) is 3.23. The predicted molar refractivity (Wildman–Crippen MR) is 107 cm³/mol. The van der Waals surface area contributed by atoms with E-state index in [4.69, 9.17) is 0 Å². The van der Waals surface area contributed by atoms with Crippen molar-refractivity contribution in [3.05, 3.63) is 23.4 Å². The third-order valence-corrected chi connectivity index (χ3v) is 9.39. The van der Waals surface area contributed by atoms with Crippen molar-refractivity contribution in [3.8, 4) is 0 Å². The molecule has 4 aliphatic carbocycles. The molecule has 1 aliphatic heterocycles. The number of nitrogens with zero attached hydrogens (tertiary/aromatic N) is 1. The minimum Gasteiger partial charge on any atom is -0.393 e. The summed E-state index contributed by atoms with van der Waals surface area (Å²) in [7, 11) is 0. The quantitative estimate of drug-likeness (QED) is 0.658. The van der Waals surface area contributed by atoms with E-state index < -0.39 is 0 Å². The van der Waals surface area contributed by atoms with Crippen molar-refractivity contribution < 1.29 is 5.11 Å². The monoisotopic (exact) mass is 355 g/mol. The number of aliphatic hydroxyl groups is 1. The van der Waals surface area contributed by atoms with Gasteiger partial charge in [0.1, 0.15) is 0 Å². The zero-order valence-corrected chi connectivity index (χ0v) is 17.0. The lowest BCUT2D eigenvalue weighted by atomic mass is 9.46. The smallest absolute Gasteiger partial charge is 0.0577 e. The summed E-state index contributed by atoms with van der Waals surface area (Å²) >= 11 is 0. The lowest BCUT2D eigenvalue weighted by molar-refractivity contribution is -0.0532. The van der Waals surface area contributed by atoms with Gasteiger partial charge >= 0.3 is 0 Å². The maximum absolute atomic E-state index is 10.2. The van der Waals surface area contributed by atoms with Gasteiger partial charge in [-0.3, -0.25) is 0 Å². The number of aliphatic hydroxyl groups excluding tert-OH is 1. The number of fused-ring (bicyclic) bond motifs is 5. The molecule has 1 saturated heterocycles. The number of rotatable bonds is 1. The van der Waals surface area contributed by atoms with E-state index in [2.05, 4.69) is 37.8 Å².